The van der Waals surface area contributed by atoms with Crippen molar-refractivity contribution >= 4 is 12.4 Å². The molecule has 2 aromatic rings. The van der Waals surface area contributed by atoms with Crippen LogP contribution >= 0.6 is 12.4 Å². The van der Waals surface area contributed by atoms with E-state index in [-0.39, 0.29) is 12.4 Å². The number of likely N-dealkylation sites (N-methyl/N-ethyl adjacent to an activating group) is 1. The molecule has 1 unspecified atom stereocenters. The molecule has 0 aliphatic carbocycles. The third-order valence-corrected chi connectivity index (χ3v) is 3.20. The molecule has 0 aliphatic rings. The molecule has 2 nitrogen and oxygen atoms in total. The zero-order valence-electron chi connectivity index (χ0n) is 12.0. The molecule has 0 aliphatic heterocycles. The quantitative estimate of drug-likeness (QED) is 0.868. The molecule has 0 bridgehead atoms. The van der Waals surface area contributed by atoms with E-state index in [9.17, 15) is 0 Å². The van der Waals surface area contributed by atoms with Gasteiger partial charge in [0.05, 0.1) is 6.61 Å². The van der Waals surface area contributed by atoms with Crippen LogP contribution in [0.4, 0.5) is 0 Å². The Bertz CT molecular complexity index is 501. The van der Waals surface area contributed by atoms with Crippen molar-refractivity contribution in [1.29, 1.82) is 0 Å². The average molecular weight is 292 g/mol. The monoisotopic (exact) mass is 291 g/mol. The number of benzene rings is 2. The third-order valence-electron chi connectivity index (χ3n) is 3.20. The molecule has 0 saturated carbocycles. The predicted molar refractivity (Wildman–Crippen MR) is 86.8 cm³/mol. The van der Waals surface area contributed by atoms with Crippen molar-refractivity contribution < 1.29 is 4.74 Å². The Labute approximate surface area is 127 Å². The number of hydrogen-bond donors (Lipinski definition) is 1. The molecule has 0 heterocycles. The highest BCUT2D eigenvalue weighted by atomic mass is 35.5. The van der Waals surface area contributed by atoms with Crippen LogP contribution in [0.5, 0.6) is 5.75 Å². The number of halogens is 1. The standard InChI is InChI=1S/C17H21NO.ClH/c1-3-19-16-11-7-10-15(13-16)17(18-2)12-14-8-5-4-6-9-14;/h4-11,13,17-18H,3,12H2,1-2H3;1H. The minimum Gasteiger partial charge on any atom is -0.494 e. The second kappa shape index (κ2) is 8.62. The van der Waals surface area contributed by atoms with E-state index in [0.29, 0.717) is 12.6 Å². The predicted octanol–water partition coefficient (Wildman–Crippen LogP) is 4.01. The lowest BCUT2D eigenvalue weighted by Crippen LogP contribution is -2.18. The molecule has 2 aromatic carbocycles. The molecule has 108 valence electrons. The van der Waals surface area contributed by atoms with Gasteiger partial charge >= 0.3 is 0 Å². The summed E-state index contributed by atoms with van der Waals surface area (Å²) in [6.45, 7) is 2.71. The van der Waals surface area contributed by atoms with E-state index in [0.717, 1.165) is 12.2 Å². The first kappa shape index (κ1) is 16.5. The maximum atomic E-state index is 5.56. The van der Waals surface area contributed by atoms with Crippen LogP contribution in [-0.4, -0.2) is 13.7 Å². The largest absolute Gasteiger partial charge is 0.494 e. The maximum absolute atomic E-state index is 5.56. The van der Waals surface area contributed by atoms with E-state index >= 15 is 0 Å². The Morgan fingerprint density at radius 2 is 1.80 bits per heavy atom. The van der Waals surface area contributed by atoms with Crippen molar-refractivity contribution in [3.8, 4) is 5.75 Å². The fourth-order valence-electron chi connectivity index (χ4n) is 2.22. The Kier molecular flexibility index (Phi) is 7.13. The molecule has 0 radical (unpaired) electrons. The molecule has 20 heavy (non-hydrogen) atoms. The zero-order valence-corrected chi connectivity index (χ0v) is 12.8. The molecule has 1 N–H and O–H groups in total. The van der Waals surface area contributed by atoms with Crippen molar-refractivity contribution in [3.63, 3.8) is 0 Å². The van der Waals surface area contributed by atoms with E-state index in [4.69, 9.17) is 4.74 Å². The first-order valence-corrected chi connectivity index (χ1v) is 6.77. The van der Waals surface area contributed by atoms with Crippen LogP contribution in [0.2, 0.25) is 0 Å². The molecule has 0 saturated heterocycles. The lowest BCUT2D eigenvalue weighted by molar-refractivity contribution is 0.339. The summed E-state index contributed by atoms with van der Waals surface area (Å²) in [6, 6.07) is 19.2. The van der Waals surface area contributed by atoms with Gasteiger partial charge in [-0.1, -0.05) is 42.5 Å². The van der Waals surface area contributed by atoms with Gasteiger partial charge in [0, 0.05) is 6.04 Å². The summed E-state index contributed by atoms with van der Waals surface area (Å²) in [5.41, 5.74) is 2.60. The summed E-state index contributed by atoms with van der Waals surface area (Å²) in [7, 11) is 2.00. The molecule has 0 amide bonds. The van der Waals surface area contributed by atoms with Gasteiger partial charge in [-0.15, -0.1) is 12.4 Å². The van der Waals surface area contributed by atoms with Crippen LogP contribution in [0.25, 0.3) is 0 Å². The van der Waals surface area contributed by atoms with Gasteiger partial charge in [-0.25, -0.2) is 0 Å². The fourth-order valence-corrected chi connectivity index (χ4v) is 2.22. The SMILES string of the molecule is CCOc1cccc(C(Cc2ccccc2)NC)c1.Cl. The Morgan fingerprint density at radius 1 is 1.05 bits per heavy atom. The van der Waals surface area contributed by atoms with Crippen molar-refractivity contribution in [2.45, 2.75) is 19.4 Å². The lowest BCUT2D eigenvalue weighted by Gasteiger charge is -2.17. The summed E-state index contributed by atoms with van der Waals surface area (Å²) < 4.78 is 5.56. The number of nitrogens with one attached hydrogen (secondary N) is 1. The Balaban J connectivity index is 0.00000200. The van der Waals surface area contributed by atoms with Gasteiger partial charge in [0.25, 0.3) is 0 Å². The Hall–Kier alpha value is -1.51. The Morgan fingerprint density at radius 3 is 2.45 bits per heavy atom. The normalized spacial score (nSPS) is 11.5. The van der Waals surface area contributed by atoms with E-state index in [1.165, 1.54) is 11.1 Å². The minimum absolute atomic E-state index is 0. The summed E-state index contributed by atoms with van der Waals surface area (Å²) >= 11 is 0. The summed E-state index contributed by atoms with van der Waals surface area (Å²) in [5, 5.41) is 3.38. The molecule has 2 rings (SSSR count). The van der Waals surface area contributed by atoms with Crippen LogP contribution in [-0.2, 0) is 6.42 Å². The topological polar surface area (TPSA) is 21.3 Å². The molecule has 1 atom stereocenters. The second-order valence-electron chi connectivity index (χ2n) is 4.54. The van der Waals surface area contributed by atoms with Crippen LogP contribution in [0.15, 0.2) is 54.6 Å². The summed E-state index contributed by atoms with van der Waals surface area (Å²) in [4.78, 5) is 0. The molecular formula is C17H22ClNO. The number of rotatable bonds is 6. The van der Waals surface area contributed by atoms with Crippen LogP contribution in [0.1, 0.15) is 24.1 Å². The highest BCUT2D eigenvalue weighted by Crippen LogP contribution is 2.22. The van der Waals surface area contributed by atoms with Crippen molar-refractivity contribution in [2.24, 2.45) is 0 Å². The fraction of sp³-hybridized carbons (Fsp3) is 0.294. The lowest BCUT2D eigenvalue weighted by atomic mass is 9.99. The van der Waals surface area contributed by atoms with E-state index < -0.39 is 0 Å². The van der Waals surface area contributed by atoms with Gasteiger partial charge in [-0.2, -0.15) is 0 Å². The summed E-state index contributed by atoms with van der Waals surface area (Å²) in [5.74, 6) is 0.938. The maximum Gasteiger partial charge on any atom is 0.119 e. The van der Waals surface area contributed by atoms with Gasteiger partial charge in [0.1, 0.15) is 5.75 Å². The minimum atomic E-state index is 0. The van der Waals surface area contributed by atoms with E-state index in [1.54, 1.807) is 0 Å². The molecule has 0 spiro atoms. The van der Waals surface area contributed by atoms with Crippen LogP contribution in [0, 0.1) is 0 Å². The smallest absolute Gasteiger partial charge is 0.119 e. The summed E-state index contributed by atoms with van der Waals surface area (Å²) in [6.07, 6.45) is 0.979. The zero-order chi connectivity index (χ0) is 13.5. The second-order valence-corrected chi connectivity index (χ2v) is 4.54. The molecule has 0 aromatic heterocycles. The van der Waals surface area contributed by atoms with Gasteiger partial charge in [-0.3, -0.25) is 0 Å². The van der Waals surface area contributed by atoms with Crippen LogP contribution < -0.4 is 10.1 Å². The molecular weight excluding hydrogens is 270 g/mol. The van der Waals surface area contributed by atoms with Crippen molar-refractivity contribution in [2.75, 3.05) is 13.7 Å². The van der Waals surface area contributed by atoms with Gasteiger partial charge < -0.3 is 10.1 Å². The van der Waals surface area contributed by atoms with Gasteiger partial charge in [0.2, 0.25) is 0 Å². The third kappa shape index (κ3) is 4.55. The first-order valence-electron chi connectivity index (χ1n) is 6.77. The highest BCUT2D eigenvalue weighted by molar-refractivity contribution is 5.85. The molecule has 3 heteroatoms. The van der Waals surface area contributed by atoms with E-state index in [2.05, 4.69) is 47.8 Å². The average Bonchev–Trinajstić information content (AvgIpc) is 2.46. The number of ether oxygens (including phenoxy) is 1. The van der Waals surface area contributed by atoms with E-state index in [1.807, 2.05) is 26.1 Å². The molecule has 0 fully saturated rings. The van der Waals surface area contributed by atoms with Gasteiger partial charge in [-0.05, 0) is 43.7 Å². The first-order chi connectivity index (χ1) is 9.33. The van der Waals surface area contributed by atoms with Crippen molar-refractivity contribution in [1.82, 2.24) is 5.32 Å². The van der Waals surface area contributed by atoms with Crippen LogP contribution in [0.3, 0.4) is 0 Å². The highest BCUT2D eigenvalue weighted by Gasteiger charge is 2.10. The number of hydrogen-bond acceptors (Lipinski definition) is 2. The van der Waals surface area contributed by atoms with Gasteiger partial charge in [0.15, 0.2) is 0 Å². The van der Waals surface area contributed by atoms with Crippen molar-refractivity contribution in [3.05, 3.63) is 65.7 Å².